The van der Waals surface area contributed by atoms with Gasteiger partial charge in [0.25, 0.3) is 0 Å². The lowest BCUT2D eigenvalue weighted by atomic mass is 9.96. The molecule has 1 aromatic carbocycles. The van der Waals surface area contributed by atoms with Crippen molar-refractivity contribution in [3.8, 4) is 0 Å². The largest absolute Gasteiger partial charge is 0.365 e. The molecule has 0 atom stereocenters. The Kier molecular flexibility index (Phi) is 4.05. The van der Waals surface area contributed by atoms with Crippen LogP contribution in [0.4, 0.5) is 8.78 Å². The number of nitrogens with zero attached hydrogens (tertiary/aromatic N) is 3. The standard InChI is InChI=1S/C12H13N3O2.C6H3BF2/c16-9-7-8(13-1-2-13)12(17)11(15-5-6-15)10(9)14-3-4-14;7-4-1-2-5(8)6(9)3-4/h7H,1-6H2;1-3H. The van der Waals surface area contributed by atoms with Crippen LogP contribution in [0.1, 0.15) is 0 Å². The summed E-state index contributed by atoms with van der Waals surface area (Å²) >= 11 is 0. The monoisotopic (exact) mass is 355 g/mol. The predicted molar refractivity (Wildman–Crippen MR) is 91.6 cm³/mol. The van der Waals surface area contributed by atoms with Crippen LogP contribution in [-0.2, 0) is 9.59 Å². The summed E-state index contributed by atoms with van der Waals surface area (Å²) in [5.41, 5.74) is 2.12. The quantitative estimate of drug-likeness (QED) is 0.432. The number of Topliss-reactive ketones (excluding diaryl/α,β-unsaturated/α-hetero) is 1. The Labute approximate surface area is 150 Å². The third-order valence-electron chi connectivity index (χ3n) is 4.43. The lowest BCUT2D eigenvalue weighted by Gasteiger charge is -2.21. The Morgan fingerprint density at radius 2 is 1.38 bits per heavy atom. The minimum atomic E-state index is -0.907. The molecule has 8 heteroatoms. The smallest absolute Gasteiger partial charge is 0.227 e. The first-order valence-electron chi connectivity index (χ1n) is 8.46. The van der Waals surface area contributed by atoms with Crippen molar-refractivity contribution in [2.45, 2.75) is 0 Å². The number of carbonyl (C=O) groups is 2. The summed E-state index contributed by atoms with van der Waals surface area (Å²) in [7, 11) is 5.12. The van der Waals surface area contributed by atoms with Crippen LogP contribution in [0.25, 0.3) is 0 Å². The molecule has 5 rings (SSSR count). The molecule has 0 aromatic heterocycles. The van der Waals surface area contributed by atoms with Crippen LogP contribution >= 0.6 is 0 Å². The summed E-state index contributed by atoms with van der Waals surface area (Å²) in [4.78, 5) is 30.5. The predicted octanol–water partition coefficient (Wildman–Crippen LogP) is -0.0609. The highest BCUT2D eigenvalue weighted by Crippen LogP contribution is 2.33. The molecule has 3 fully saturated rings. The van der Waals surface area contributed by atoms with E-state index in [1.807, 2.05) is 14.7 Å². The third kappa shape index (κ3) is 3.36. The molecule has 2 radical (unpaired) electrons. The molecule has 132 valence electrons. The number of ketones is 2. The molecule has 1 aliphatic carbocycles. The van der Waals surface area contributed by atoms with Gasteiger partial charge < -0.3 is 14.7 Å². The van der Waals surface area contributed by atoms with Crippen molar-refractivity contribution in [1.29, 1.82) is 0 Å². The minimum Gasteiger partial charge on any atom is -0.365 e. The van der Waals surface area contributed by atoms with E-state index >= 15 is 0 Å². The number of hydrogen-bond donors (Lipinski definition) is 0. The fourth-order valence-electron chi connectivity index (χ4n) is 2.79. The van der Waals surface area contributed by atoms with E-state index in [9.17, 15) is 18.4 Å². The van der Waals surface area contributed by atoms with E-state index in [2.05, 4.69) is 0 Å². The average molecular weight is 355 g/mol. The van der Waals surface area contributed by atoms with Crippen LogP contribution in [0, 0.1) is 11.6 Å². The highest BCUT2D eigenvalue weighted by molar-refractivity contribution is 6.32. The summed E-state index contributed by atoms with van der Waals surface area (Å²) in [6, 6.07) is 3.23. The fourth-order valence-corrected chi connectivity index (χ4v) is 2.79. The van der Waals surface area contributed by atoms with Crippen molar-refractivity contribution in [3.05, 3.63) is 53.0 Å². The number of rotatable bonds is 3. The topological polar surface area (TPSA) is 43.2 Å². The van der Waals surface area contributed by atoms with E-state index in [1.54, 1.807) is 0 Å². The second kappa shape index (κ2) is 6.27. The summed E-state index contributed by atoms with van der Waals surface area (Å²) in [5.74, 6) is -1.73. The van der Waals surface area contributed by atoms with Crippen LogP contribution in [0.15, 0.2) is 41.4 Å². The zero-order chi connectivity index (χ0) is 18.4. The van der Waals surface area contributed by atoms with Crippen molar-refractivity contribution in [2.75, 3.05) is 39.3 Å². The van der Waals surface area contributed by atoms with Gasteiger partial charge in [-0.15, -0.1) is 0 Å². The molecule has 0 spiro atoms. The van der Waals surface area contributed by atoms with E-state index in [1.165, 1.54) is 12.1 Å². The van der Waals surface area contributed by atoms with Gasteiger partial charge in [0.1, 0.15) is 19.2 Å². The highest BCUT2D eigenvalue weighted by atomic mass is 19.2. The highest BCUT2D eigenvalue weighted by Gasteiger charge is 2.43. The molecule has 0 unspecified atom stereocenters. The van der Waals surface area contributed by atoms with Gasteiger partial charge in [-0.3, -0.25) is 9.59 Å². The number of allylic oxidation sites excluding steroid dienone is 1. The Balaban J connectivity index is 0.000000160. The van der Waals surface area contributed by atoms with Gasteiger partial charge in [-0.2, -0.15) is 0 Å². The van der Waals surface area contributed by atoms with Gasteiger partial charge in [-0.05, 0) is 12.1 Å². The van der Waals surface area contributed by atoms with Crippen molar-refractivity contribution in [3.63, 3.8) is 0 Å². The SMILES string of the molecule is O=C1C=C(N2CC2)C(=O)C(N2CC2)=C1N1CC1.[B]c1ccc(F)c(F)c1. The number of benzene rings is 1. The number of halogens is 2. The zero-order valence-corrected chi connectivity index (χ0v) is 14.0. The molecule has 0 amide bonds. The van der Waals surface area contributed by atoms with Crippen molar-refractivity contribution in [2.24, 2.45) is 0 Å². The van der Waals surface area contributed by atoms with E-state index in [0.717, 1.165) is 51.4 Å². The number of hydrogen-bond acceptors (Lipinski definition) is 5. The Morgan fingerprint density at radius 3 is 1.88 bits per heavy atom. The Bertz CT molecular complexity index is 856. The molecule has 1 aromatic rings. The Hall–Kier alpha value is -2.64. The van der Waals surface area contributed by atoms with Crippen LogP contribution in [0.5, 0.6) is 0 Å². The third-order valence-corrected chi connectivity index (χ3v) is 4.43. The maximum atomic E-state index is 12.4. The lowest BCUT2D eigenvalue weighted by Crippen LogP contribution is -2.29. The molecule has 5 nitrogen and oxygen atoms in total. The van der Waals surface area contributed by atoms with Crippen molar-refractivity contribution < 1.29 is 18.4 Å². The first-order valence-corrected chi connectivity index (χ1v) is 8.46. The van der Waals surface area contributed by atoms with Gasteiger partial charge in [0.15, 0.2) is 11.6 Å². The lowest BCUT2D eigenvalue weighted by molar-refractivity contribution is -0.117. The normalized spacial score (nSPS) is 20.7. The van der Waals surface area contributed by atoms with Crippen LogP contribution in [0.3, 0.4) is 0 Å². The minimum absolute atomic E-state index is 0.00546. The van der Waals surface area contributed by atoms with Gasteiger partial charge >= 0.3 is 0 Å². The first-order chi connectivity index (χ1) is 12.5. The first kappa shape index (κ1) is 16.8. The molecule has 26 heavy (non-hydrogen) atoms. The molecule has 3 heterocycles. The molecule has 0 saturated carbocycles. The van der Waals surface area contributed by atoms with E-state index in [0.29, 0.717) is 17.1 Å². The molecule has 3 aliphatic heterocycles. The average Bonchev–Trinajstić information content (AvgIpc) is 3.47. The molecule has 0 bridgehead atoms. The summed E-state index contributed by atoms with van der Waals surface area (Å²) in [6.45, 7) is 5.41. The second-order valence-electron chi connectivity index (χ2n) is 6.55. The second-order valence-corrected chi connectivity index (χ2v) is 6.55. The summed E-state index contributed by atoms with van der Waals surface area (Å²) < 4.78 is 24.2. The van der Waals surface area contributed by atoms with E-state index in [-0.39, 0.29) is 17.0 Å². The van der Waals surface area contributed by atoms with Crippen molar-refractivity contribution in [1.82, 2.24) is 14.7 Å². The van der Waals surface area contributed by atoms with Gasteiger partial charge in [0.2, 0.25) is 11.6 Å². The van der Waals surface area contributed by atoms with E-state index < -0.39 is 11.6 Å². The molecule has 0 N–H and O–H groups in total. The molecular formula is C18H16BF2N3O2. The molecular weight excluding hydrogens is 339 g/mol. The fraction of sp³-hybridized carbons (Fsp3) is 0.333. The Morgan fingerprint density at radius 1 is 0.808 bits per heavy atom. The van der Waals surface area contributed by atoms with Crippen LogP contribution in [0.2, 0.25) is 0 Å². The van der Waals surface area contributed by atoms with E-state index in [4.69, 9.17) is 7.85 Å². The zero-order valence-electron chi connectivity index (χ0n) is 14.0. The summed E-state index contributed by atoms with van der Waals surface area (Å²) in [6.07, 6.45) is 1.52. The molecule has 4 aliphatic rings. The number of carbonyl (C=O) groups excluding carboxylic acids is 2. The van der Waals surface area contributed by atoms with Gasteiger partial charge in [-0.25, -0.2) is 8.78 Å². The van der Waals surface area contributed by atoms with Crippen LogP contribution < -0.4 is 5.46 Å². The maximum absolute atomic E-state index is 12.4. The molecule has 3 saturated heterocycles. The van der Waals surface area contributed by atoms with Gasteiger partial charge in [0.05, 0.1) is 5.70 Å². The maximum Gasteiger partial charge on any atom is 0.227 e. The van der Waals surface area contributed by atoms with Gasteiger partial charge in [-0.1, -0.05) is 11.5 Å². The van der Waals surface area contributed by atoms with Gasteiger partial charge in [0, 0.05) is 45.3 Å². The van der Waals surface area contributed by atoms with Crippen LogP contribution in [-0.4, -0.2) is 73.4 Å². The summed E-state index contributed by atoms with van der Waals surface area (Å²) in [5, 5.41) is 0. The van der Waals surface area contributed by atoms with Crippen molar-refractivity contribution >= 4 is 24.9 Å².